The number of carbonyl (C=O) groups is 1. The predicted octanol–water partition coefficient (Wildman–Crippen LogP) is 8.27. The topological polar surface area (TPSA) is 65.0 Å². The first kappa shape index (κ1) is 32.8. The molecule has 0 aromatic heterocycles. The van der Waals surface area contributed by atoms with Crippen LogP contribution in [0, 0.1) is 17.8 Å². The fraction of sp³-hybridized carbons (Fsp3) is 0.639. The van der Waals surface area contributed by atoms with Crippen molar-refractivity contribution in [3.8, 4) is 5.75 Å². The molecular weight excluding hydrogens is 540 g/mol. The number of hydrogen-bond donors (Lipinski definition) is 1. The van der Waals surface area contributed by atoms with E-state index in [4.69, 9.17) is 13.9 Å². The second-order valence-corrected chi connectivity index (χ2v) is 17.4. The molecule has 2 aromatic carbocycles. The number of rotatable bonds is 17. The largest absolute Gasteiger partial charge is 0.482 e. The van der Waals surface area contributed by atoms with Crippen molar-refractivity contribution < 1.29 is 23.8 Å². The summed E-state index contributed by atoms with van der Waals surface area (Å²) in [4.78, 5) is 12.5. The lowest BCUT2D eigenvalue weighted by atomic mass is 9.73. The fourth-order valence-electron chi connectivity index (χ4n) is 7.44. The van der Waals surface area contributed by atoms with E-state index >= 15 is 0 Å². The summed E-state index contributed by atoms with van der Waals surface area (Å²) < 4.78 is 18.8. The quantitative estimate of drug-likeness (QED) is 0.113. The first-order valence-electron chi connectivity index (χ1n) is 16.7. The number of carbonyl (C=O) groups excluding carboxylic acids is 1. The highest BCUT2D eigenvalue weighted by atomic mass is 28.4. The first-order valence-corrected chi connectivity index (χ1v) is 19.2. The van der Waals surface area contributed by atoms with E-state index in [9.17, 15) is 9.90 Å². The maximum Gasteiger partial charge on any atom is 0.344 e. The molecule has 0 saturated heterocycles. The number of hydrogen-bond acceptors (Lipinski definition) is 5. The molecule has 0 heterocycles. The van der Waals surface area contributed by atoms with Gasteiger partial charge >= 0.3 is 5.97 Å². The van der Waals surface area contributed by atoms with Crippen LogP contribution in [-0.4, -0.2) is 38.2 Å². The highest BCUT2D eigenvalue weighted by Gasteiger charge is 2.48. The zero-order valence-corrected chi connectivity index (χ0v) is 27.5. The molecule has 2 aliphatic rings. The van der Waals surface area contributed by atoms with Gasteiger partial charge in [-0.25, -0.2) is 4.79 Å². The second-order valence-electron chi connectivity index (χ2n) is 12.7. The van der Waals surface area contributed by atoms with Crippen molar-refractivity contribution in [3.05, 3.63) is 65.2 Å². The minimum Gasteiger partial charge on any atom is -0.482 e. The van der Waals surface area contributed by atoms with Crippen molar-refractivity contribution in [2.24, 2.45) is 17.8 Å². The molecule has 6 heteroatoms. The lowest BCUT2D eigenvalue weighted by Gasteiger charge is -2.36. The van der Waals surface area contributed by atoms with Crippen LogP contribution in [-0.2, 0) is 33.4 Å². The van der Waals surface area contributed by atoms with Gasteiger partial charge in [-0.3, -0.25) is 0 Å². The Bertz CT molecular complexity index is 1090. The van der Waals surface area contributed by atoms with E-state index in [1.54, 1.807) is 0 Å². The maximum atomic E-state index is 12.5. The van der Waals surface area contributed by atoms with E-state index in [0.29, 0.717) is 17.8 Å². The average Bonchev–Trinajstić information content (AvgIpc) is 3.35. The molecule has 232 valence electrons. The summed E-state index contributed by atoms with van der Waals surface area (Å²) >= 11 is 0. The molecule has 0 aliphatic heterocycles. The van der Waals surface area contributed by atoms with Gasteiger partial charge in [0.1, 0.15) is 12.4 Å². The minimum absolute atomic E-state index is 0.0840. The molecule has 2 unspecified atom stereocenters. The third kappa shape index (κ3) is 8.48. The van der Waals surface area contributed by atoms with Crippen molar-refractivity contribution in [1.82, 2.24) is 0 Å². The normalized spacial score (nSPS) is 22.3. The number of aliphatic hydroxyl groups excluding tert-OH is 1. The lowest BCUT2D eigenvalue weighted by molar-refractivity contribution is -0.147. The van der Waals surface area contributed by atoms with Crippen LogP contribution in [0.25, 0.3) is 0 Å². The molecule has 0 spiro atoms. The molecule has 1 N–H and O–H groups in total. The highest BCUT2D eigenvalue weighted by Crippen LogP contribution is 2.50. The van der Waals surface area contributed by atoms with Crippen LogP contribution in [0.5, 0.6) is 5.75 Å². The number of esters is 1. The summed E-state index contributed by atoms with van der Waals surface area (Å²) in [7, 11) is -1.76. The van der Waals surface area contributed by atoms with Crippen LogP contribution in [0.2, 0.25) is 18.1 Å². The number of benzene rings is 2. The summed E-state index contributed by atoms with van der Waals surface area (Å²) in [5.74, 6) is 2.05. The third-order valence-electron chi connectivity index (χ3n) is 10.2. The van der Waals surface area contributed by atoms with Crippen molar-refractivity contribution >= 4 is 14.3 Å². The van der Waals surface area contributed by atoms with Crippen LogP contribution < -0.4 is 4.74 Å². The Kier molecular flexibility index (Phi) is 12.5. The Balaban J connectivity index is 1.44. The van der Waals surface area contributed by atoms with Crippen LogP contribution in [0.3, 0.4) is 0 Å². The highest BCUT2D eigenvalue weighted by molar-refractivity contribution is 6.73. The summed E-state index contributed by atoms with van der Waals surface area (Å²) in [6.45, 7) is 9.34. The molecular formula is C36H54O5Si. The maximum absolute atomic E-state index is 12.5. The molecule has 4 rings (SSSR count). The Hall–Kier alpha value is -2.15. The molecule has 0 bridgehead atoms. The summed E-state index contributed by atoms with van der Waals surface area (Å²) in [6, 6.07) is 19.5. The van der Waals surface area contributed by atoms with E-state index in [2.05, 4.69) is 39.8 Å². The van der Waals surface area contributed by atoms with E-state index in [1.807, 2.05) is 36.4 Å². The van der Waals surface area contributed by atoms with Crippen LogP contribution >= 0.6 is 0 Å². The summed E-state index contributed by atoms with van der Waals surface area (Å²) in [5, 5.41) is 10.8. The molecule has 1 fully saturated rings. The molecule has 0 amide bonds. The molecule has 5 atom stereocenters. The Morgan fingerprint density at radius 2 is 1.71 bits per heavy atom. The van der Waals surface area contributed by atoms with Gasteiger partial charge in [0.15, 0.2) is 14.9 Å². The number of unbranched alkanes of at least 4 members (excludes halogenated alkanes) is 2. The van der Waals surface area contributed by atoms with Crippen molar-refractivity contribution in [1.29, 1.82) is 0 Å². The number of aliphatic hydroxyl groups is 1. The van der Waals surface area contributed by atoms with Gasteiger partial charge in [0, 0.05) is 6.10 Å². The van der Waals surface area contributed by atoms with E-state index in [0.717, 1.165) is 74.4 Å². The smallest absolute Gasteiger partial charge is 0.344 e. The lowest BCUT2D eigenvalue weighted by Crippen LogP contribution is -2.42. The van der Waals surface area contributed by atoms with Gasteiger partial charge < -0.3 is 19.0 Å². The van der Waals surface area contributed by atoms with Gasteiger partial charge in [-0.05, 0) is 97.2 Å². The average molecular weight is 595 g/mol. The van der Waals surface area contributed by atoms with Gasteiger partial charge in [-0.2, -0.15) is 0 Å². The summed E-state index contributed by atoms with van der Waals surface area (Å²) in [5.41, 5.74) is 3.56. The fourth-order valence-corrected chi connectivity index (χ4v) is 10.4. The minimum atomic E-state index is -1.76. The van der Waals surface area contributed by atoms with E-state index in [1.165, 1.54) is 24.0 Å². The Morgan fingerprint density at radius 3 is 2.43 bits per heavy atom. The van der Waals surface area contributed by atoms with Crippen molar-refractivity contribution in [2.45, 2.75) is 122 Å². The Morgan fingerprint density at radius 1 is 0.952 bits per heavy atom. The van der Waals surface area contributed by atoms with Crippen molar-refractivity contribution in [3.63, 3.8) is 0 Å². The van der Waals surface area contributed by atoms with Gasteiger partial charge in [0.2, 0.25) is 0 Å². The van der Waals surface area contributed by atoms with Crippen molar-refractivity contribution in [2.75, 3.05) is 6.61 Å². The Labute approximate surface area is 255 Å². The van der Waals surface area contributed by atoms with E-state index in [-0.39, 0.29) is 31.4 Å². The van der Waals surface area contributed by atoms with Gasteiger partial charge in [-0.15, -0.1) is 0 Å². The first-order chi connectivity index (χ1) is 20.4. The molecule has 1 saturated carbocycles. The van der Waals surface area contributed by atoms with Gasteiger partial charge in [0.05, 0.1) is 6.10 Å². The molecule has 5 nitrogen and oxygen atoms in total. The van der Waals surface area contributed by atoms with Crippen LogP contribution in [0.15, 0.2) is 48.5 Å². The summed E-state index contributed by atoms with van der Waals surface area (Å²) in [6.07, 6.45) is 9.46. The molecule has 2 aliphatic carbocycles. The number of fused-ring (bicyclic) bond motifs is 2. The molecule has 2 aromatic rings. The zero-order valence-electron chi connectivity index (χ0n) is 26.5. The van der Waals surface area contributed by atoms with Crippen LogP contribution in [0.1, 0.15) is 89.3 Å². The van der Waals surface area contributed by atoms with E-state index < -0.39 is 8.32 Å². The zero-order chi connectivity index (χ0) is 30.0. The van der Waals surface area contributed by atoms with Gasteiger partial charge in [-0.1, -0.05) is 89.4 Å². The molecule has 0 radical (unpaired) electrons. The third-order valence-corrected chi connectivity index (χ3v) is 14.9. The molecule has 42 heavy (non-hydrogen) atoms. The number of ether oxygens (including phenoxy) is 2. The van der Waals surface area contributed by atoms with Crippen LogP contribution in [0.4, 0.5) is 0 Å². The predicted molar refractivity (Wildman–Crippen MR) is 172 cm³/mol. The standard InChI is InChI=1S/C36H54O5Si/c1-5-9-11-18-30(37)20-21-31-32-22-28-17-14-19-34(39-26-36(38)40-25-27-15-12-10-13-16-27)33(28)23-29(32)24-35(31)41-42(6-2,7-3)8-4/h10,12-17,19,29-32,35,37H,5-9,11,18,20-26H2,1-4H3/t29?,30-,31+,32-,35?/m0/s1. The van der Waals surface area contributed by atoms with Gasteiger partial charge in [0.25, 0.3) is 0 Å². The second kappa shape index (κ2) is 16.1. The monoisotopic (exact) mass is 594 g/mol. The SMILES string of the molecule is CCCCC[C@H](O)CC[C@H]1C(O[Si](CC)(CC)CC)CC2Cc3c(cccc3OCC(=O)OCc3ccccc3)C[C@@H]21.